The number of carbonyl (C=O) groups is 5. The summed E-state index contributed by atoms with van der Waals surface area (Å²) in [6, 6.07) is 2.62. The monoisotopic (exact) mass is 730 g/mol. The summed E-state index contributed by atoms with van der Waals surface area (Å²) in [5.41, 5.74) is -10.0. The van der Waals surface area contributed by atoms with Gasteiger partial charge in [0.2, 0.25) is 11.4 Å². The van der Waals surface area contributed by atoms with Crippen LogP contribution in [0.2, 0.25) is 0 Å². The Morgan fingerprint density at radius 1 is 0.981 bits per heavy atom. The van der Waals surface area contributed by atoms with Crippen LogP contribution in [0.1, 0.15) is 125 Å². The van der Waals surface area contributed by atoms with E-state index in [-0.39, 0.29) is 42.4 Å². The molecule has 2 aliphatic heterocycles. The third-order valence-electron chi connectivity index (χ3n) is 11.4. The quantitative estimate of drug-likeness (QED) is 0.102. The molecular formula is C37H46O15. The standard InChI is InChI=1S/C37H46O15/c1-18-14-25(39)36(48)34(47,16-18)17-26(40)35-33(46)29-22(32(45)37(35,36)52-35)13-12-21(30(29)44)23-15-24(31(19(2)49-23)50-20(3)38)51-28(43)11-9-7-5-4-6-8-10-27(41)42/h12-14,19,23-24,26,31,33,40,44,46-48H,4-11,15-17H2,1-3H3,(H,41,42)/t19-,23?,24-,26+,31-,33+,34-,35+,36-,37-/m1/s1. The number of benzene rings is 1. The predicted molar refractivity (Wildman–Crippen MR) is 176 cm³/mol. The number of carboxylic acid groups (broad SMARTS) is 1. The van der Waals surface area contributed by atoms with E-state index in [9.17, 15) is 49.5 Å². The van der Waals surface area contributed by atoms with E-state index in [1.807, 2.05) is 0 Å². The number of hydrogen-bond acceptors (Lipinski definition) is 14. The number of fused-ring (bicyclic) bond motifs is 2. The van der Waals surface area contributed by atoms with Gasteiger partial charge in [0.1, 0.15) is 23.6 Å². The van der Waals surface area contributed by atoms with E-state index in [1.165, 1.54) is 19.1 Å². The Balaban J connectivity index is 1.23. The first kappa shape index (κ1) is 38.0. The normalized spacial score (nSPS) is 37.5. The molecule has 5 aliphatic rings. The zero-order valence-electron chi connectivity index (χ0n) is 29.3. The fraction of sp³-hybridized carbons (Fsp3) is 0.649. The molecule has 1 aromatic rings. The van der Waals surface area contributed by atoms with Gasteiger partial charge in [-0.3, -0.25) is 24.0 Å². The number of Topliss-reactive ketones (excluding diaryl/α,β-unsaturated/α-hetero) is 1. The molecule has 0 bridgehead atoms. The number of unbranched alkanes of at least 4 members (excludes halogenated alkanes) is 5. The summed E-state index contributed by atoms with van der Waals surface area (Å²) in [6.45, 7) is 4.37. The van der Waals surface area contributed by atoms with Gasteiger partial charge >= 0.3 is 17.9 Å². The largest absolute Gasteiger partial charge is 0.507 e. The summed E-state index contributed by atoms with van der Waals surface area (Å²) in [5.74, 6) is -4.59. The average Bonchev–Trinajstić information content (AvgIpc) is 3.79. The molecule has 52 heavy (non-hydrogen) atoms. The molecular weight excluding hydrogens is 684 g/mol. The van der Waals surface area contributed by atoms with E-state index in [2.05, 4.69) is 0 Å². The number of carbonyl (C=O) groups excluding carboxylic acids is 4. The average molecular weight is 731 g/mol. The summed E-state index contributed by atoms with van der Waals surface area (Å²) in [6.07, 6.45) is -2.83. The van der Waals surface area contributed by atoms with Crippen LogP contribution in [0.25, 0.3) is 0 Å². The number of aliphatic hydroxyl groups is 4. The number of phenolic OH excluding ortho intramolecular Hbond substituents is 1. The van der Waals surface area contributed by atoms with Crippen molar-refractivity contribution in [3.05, 3.63) is 40.5 Å². The van der Waals surface area contributed by atoms with Crippen LogP contribution >= 0.6 is 0 Å². The smallest absolute Gasteiger partial charge is 0.306 e. The second-order valence-corrected chi connectivity index (χ2v) is 14.9. The van der Waals surface area contributed by atoms with Gasteiger partial charge in [0, 0.05) is 55.7 Å². The molecule has 284 valence electrons. The van der Waals surface area contributed by atoms with Crippen LogP contribution in [-0.4, -0.2) is 107 Å². The van der Waals surface area contributed by atoms with Crippen molar-refractivity contribution in [2.45, 2.75) is 150 Å². The van der Waals surface area contributed by atoms with E-state index in [0.717, 1.165) is 31.8 Å². The lowest BCUT2D eigenvalue weighted by Crippen LogP contribution is -2.78. The highest BCUT2D eigenvalue weighted by Gasteiger charge is 2.96. The van der Waals surface area contributed by atoms with Crippen LogP contribution < -0.4 is 0 Å². The van der Waals surface area contributed by atoms with Crippen LogP contribution in [0, 0.1) is 0 Å². The summed E-state index contributed by atoms with van der Waals surface area (Å²) in [7, 11) is 0. The first-order chi connectivity index (χ1) is 24.4. The fourth-order valence-corrected chi connectivity index (χ4v) is 9.06. The van der Waals surface area contributed by atoms with Crippen LogP contribution in [0.15, 0.2) is 23.8 Å². The number of epoxide rings is 1. The Morgan fingerprint density at radius 2 is 1.63 bits per heavy atom. The number of rotatable bonds is 12. The minimum atomic E-state index is -2.84. The molecule has 0 amide bonds. The number of ketones is 2. The van der Waals surface area contributed by atoms with Crippen molar-refractivity contribution in [1.82, 2.24) is 0 Å². The van der Waals surface area contributed by atoms with Gasteiger partial charge in [-0.15, -0.1) is 0 Å². The highest BCUT2D eigenvalue weighted by Crippen LogP contribution is 2.73. The highest BCUT2D eigenvalue weighted by atomic mass is 16.7. The summed E-state index contributed by atoms with van der Waals surface area (Å²) >= 11 is 0. The van der Waals surface area contributed by atoms with Gasteiger partial charge in [-0.2, -0.15) is 0 Å². The molecule has 6 N–H and O–H groups in total. The van der Waals surface area contributed by atoms with Gasteiger partial charge in [-0.25, -0.2) is 0 Å². The lowest BCUT2D eigenvalue weighted by Gasteiger charge is -2.54. The number of aromatic hydroxyl groups is 1. The van der Waals surface area contributed by atoms with E-state index in [1.54, 1.807) is 13.8 Å². The maximum absolute atomic E-state index is 14.3. The zero-order chi connectivity index (χ0) is 38.0. The number of carboxylic acids is 1. The van der Waals surface area contributed by atoms with Crippen molar-refractivity contribution < 1.29 is 73.6 Å². The van der Waals surface area contributed by atoms with Crippen LogP contribution in [0.5, 0.6) is 5.75 Å². The Labute approximate surface area is 299 Å². The molecule has 10 atom stereocenters. The number of aliphatic hydroxyl groups excluding tert-OH is 2. The maximum atomic E-state index is 14.3. The minimum Gasteiger partial charge on any atom is -0.507 e. The number of phenols is 1. The van der Waals surface area contributed by atoms with Crippen LogP contribution in [0.4, 0.5) is 0 Å². The van der Waals surface area contributed by atoms with Crippen LogP contribution in [0.3, 0.4) is 0 Å². The Hall–Kier alpha value is -3.73. The first-order valence-electron chi connectivity index (χ1n) is 17.8. The molecule has 0 radical (unpaired) electrons. The summed E-state index contributed by atoms with van der Waals surface area (Å²) in [5, 5.41) is 67.1. The van der Waals surface area contributed by atoms with Crippen molar-refractivity contribution in [2.75, 3.05) is 0 Å². The minimum absolute atomic E-state index is 0.0834. The number of esters is 2. The van der Waals surface area contributed by atoms with Gasteiger partial charge in [0.25, 0.3) is 0 Å². The maximum Gasteiger partial charge on any atom is 0.306 e. The molecule has 0 spiro atoms. The van der Waals surface area contributed by atoms with E-state index < -0.39 is 101 Å². The fourth-order valence-electron chi connectivity index (χ4n) is 9.06. The molecule has 2 heterocycles. The molecule has 3 fully saturated rings. The molecule has 1 aromatic carbocycles. The molecule has 15 heteroatoms. The third-order valence-corrected chi connectivity index (χ3v) is 11.4. The highest BCUT2D eigenvalue weighted by molar-refractivity contribution is 6.17. The molecule has 1 unspecified atom stereocenters. The van der Waals surface area contributed by atoms with Gasteiger partial charge < -0.3 is 49.6 Å². The lowest BCUT2D eigenvalue weighted by atomic mass is 9.50. The Kier molecular flexibility index (Phi) is 9.94. The number of ether oxygens (including phenoxy) is 4. The van der Waals surface area contributed by atoms with Gasteiger partial charge in [-0.05, 0) is 32.8 Å². The van der Waals surface area contributed by atoms with Crippen molar-refractivity contribution in [3.63, 3.8) is 0 Å². The van der Waals surface area contributed by atoms with Crippen molar-refractivity contribution in [2.24, 2.45) is 0 Å². The molecule has 1 saturated carbocycles. The first-order valence-corrected chi connectivity index (χ1v) is 17.8. The molecule has 6 rings (SSSR count). The Bertz CT molecular complexity index is 1700. The number of hydrogen-bond donors (Lipinski definition) is 6. The lowest BCUT2D eigenvalue weighted by molar-refractivity contribution is -0.210. The topological polar surface area (TPSA) is 247 Å². The summed E-state index contributed by atoms with van der Waals surface area (Å²) in [4.78, 5) is 63.2. The Morgan fingerprint density at radius 3 is 2.29 bits per heavy atom. The third kappa shape index (κ3) is 5.67. The zero-order valence-corrected chi connectivity index (χ0v) is 29.3. The van der Waals surface area contributed by atoms with Crippen molar-refractivity contribution in [1.29, 1.82) is 0 Å². The van der Waals surface area contributed by atoms with E-state index in [0.29, 0.717) is 18.4 Å². The van der Waals surface area contributed by atoms with Gasteiger partial charge in [0.05, 0.1) is 18.3 Å². The predicted octanol–water partition coefficient (Wildman–Crippen LogP) is 2.17. The second kappa shape index (κ2) is 13.6. The second-order valence-electron chi connectivity index (χ2n) is 14.9. The van der Waals surface area contributed by atoms with E-state index in [4.69, 9.17) is 24.1 Å². The molecule has 0 aromatic heterocycles. The molecule has 3 aliphatic carbocycles. The van der Waals surface area contributed by atoms with Gasteiger partial charge in [0.15, 0.2) is 23.1 Å². The number of aliphatic carboxylic acids is 1. The SMILES string of the molecule is CC(=O)O[C@@H]1[C@@H](C)OC(c2ccc3c(c2O)[C@H](O)[C@]24O[C@@]2(C3=O)[C@@]2(O)C(=O)C=C(C)C[C@@]2(O)C[C@@H]4O)C[C@H]1OC(=O)CCCCCCCCC(=O)O. The summed E-state index contributed by atoms with van der Waals surface area (Å²) < 4.78 is 23.2. The van der Waals surface area contributed by atoms with Crippen molar-refractivity contribution >= 4 is 29.5 Å². The van der Waals surface area contributed by atoms with Crippen molar-refractivity contribution in [3.8, 4) is 5.75 Å². The van der Waals surface area contributed by atoms with Gasteiger partial charge in [-0.1, -0.05) is 43.4 Å². The molecule has 2 saturated heterocycles. The van der Waals surface area contributed by atoms with Crippen LogP contribution in [-0.2, 0) is 38.1 Å². The molecule has 15 nitrogen and oxygen atoms in total. The van der Waals surface area contributed by atoms with E-state index >= 15 is 0 Å².